The van der Waals surface area contributed by atoms with Gasteiger partial charge in [0.15, 0.2) is 0 Å². The van der Waals surface area contributed by atoms with E-state index in [0.29, 0.717) is 0 Å². The molecule has 1 aliphatic rings. The molecule has 1 aromatic carbocycles. The summed E-state index contributed by atoms with van der Waals surface area (Å²) in [5.74, 6) is 1.77. The van der Waals surface area contributed by atoms with Gasteiger partial charge in [-0.05, 0) is 76.0 Å². The lowest BCUT2D eigenvalue weighted by atomic mass is 9.89. The standard InChI is InChI=1S/C16H21NO/c1-11-12(2)18-16-5-4-14(10-15(11)16)13-6-8-17(3)9-7-13/h4-5,10,13H,6-9H2,1-3H3. The van der Waals surface area contributed by atoms with Gasteiger partial charge in [-0.15, -0.1) is 0 Å². The predicted octanol–water partition coefficient (Wildman–Crippen LogP) is 3.86. The highest BCUT2D eigenvalue weighted by molar-refractivity contribution is 5.82. The summed E-state index contributed by atoms with van der Waals surface area (Å²) >= 11 is 0. The molecule has 0 saturated carbocycles. The molecule has 0 aliphatic carbocycles. The molecular formula is C16H21NO. The van der Waals surface area contributed by atoms with E-state index in [-0.39, 0.29) is 0 Å². The summed E-state index contributed by atoms with van der Waals surface area (Å²) in [5, 5.41) is 1.30. The summed E-state index contributed by atoms with van der Waals surface area (Å²) in [4.78, 5) is 2.42. The molecule has 0 spiro atoms. The van der Waals surface area contributed by atoms with Gasteiger partial charge < -0.3 is 9.32 Å². The SMILES string of the molecule is Cc1oc2ccc(C3CCN(C)CC3)cc2c1C. The van der Waals surface area contributed by atoms with Gasteiger partial charge in [0, 0.05) is 5.39 Å². The lowest BCUT2D eigenvalue weighted by molar-refractivity contribution is 0.255. The second kappa shape index (κ2) is 4.43. The predicted molar refractivity (Wildman–Crippen MR) is 75.2 cm³/mol. The molecule has 1 aliphatic heterocycles. The number of fused-ring (bicyclic) bond motifs is 1. The Morgan fingerprint density at radius 3 is 2.61 bits per heavy atom. The number of aryl methyl sites for hydroxylation is 2. The highest BCUT2D eigenvalue weighted by Crippen LogP contribution is 2.32. The molecule has 96 valence electrons. The second-order valence-corrected chi connectivity index (χ2v) is 5.62. The molecule has 2 heteroatoms. The van der Waals surface area contributed by atoms with Crippen LogP contribution >= 0.6 is 0 Å². The zero-order chi connectivity index (χ0) is 12.7. The molecule has 3 rings (SSSR count). The monoisotopic (exact) mass is 243 g/mol. The quantitative estimate of drug-likeness (QED) is 0.756. The highest BCUT2D eigenvalue weighted by atomic mass is 16.3. The summed E-state index contributed by atoms with van der Waals surface area (Å²) in [7, 11) is 2.21. The normalized spacial score (nSPS) is 18.6. The molecule has 0 bridgehead atoms. The fourth-order valence-electron chi connectivity index (χ4n) is 2.96. The van der Waals surface area contributed by atoms with Crippen LogP contribution in [0.25, 0.3) is 11.0 Å². The number of rotatable bonds is 1. The molecule has 0 amide bonds. The molecule has 2 aromatic rings. The van der Waals surface area contributed by atoms with Gasteiger partial charge in [0.25, 0.3) is 0 Å². The van der Waals surface area contributed by atoms with Crippen molar-refractivity contribution in [3.05, 3.63) is 35.1 Å². The van der Waals surface area contributed by atoms with E-state index >= 15 is 0 Å². The molecule has 18 heavy (non-hydrogen) atoms. The van der Waals surface area contributed by atoms with Gasteiger partial charge in [0.2, 0.25) is 0 Å². The molecule has 1 fully saturated rings. The van der Waals surface area contributed by atoms with Crippen LogP contribution in [0, 0.1) is 13.8 Å². The number of furan rings is 1. The van der Waals surface area contributed by atoms with Crippen LogP contribution in [0.15, 0.2) is 22.6 Å². The Balaban J connectivity index is 1.95. The van der Waals surface area contributed by atoms with E-state index in [0.717, 1.165) is 17.3 Å². The number of benzene rings is 1. The maximum absolute atomic E-state index is 5.75. The summed E-state index contributed by atoms with van der Waals surface area (Å²) in [5.41, 5.74) is 3.81. The average molecular weight is 243 g/mol. The molecule has 0 radical (unpaired) electrons. The van der Waals surface area contributed by atoms with Gasteiger partial charge in [-0.1, -0.05) is 6.07 Å². The lowest BCUT2D eigenvalue weighted by Gasteiger charge is -2.29. The molecule has 0 atom stereocenters. The summed E-state index contributed by atoms with van der Waals surface area (Å²) < 4.78 is 5.75. The van der Waals surface area contributed by atoms with Crippen LogP contribution in [0.1, 0.15) is 35.6 Å². The summed E-state index contributed by atoms with van der Waals surface area (Å²) in [6, 6.07) is 6.74. The zero-order valence-corrected chi connectivity index (χ0v) is 11.5. The third kappa shape index (κ3) is 1.95. The van der Waals surface area contributed by atoms with Gasteiger partial charge in [0.05, 0.1) is 0 Å². The Kier molecular flexibility index (Phi) is 2.90. The highest BCUT2D eigenvalue weighted by Gasteiger charge is 2.19. The van der Waals surface area contributed by atoms with E-state index < -0.39 is 0 Å². The molecular weight excluding hydrogens is 222 g/mol. The minimum atomic E-state index is 0.722. The Bertz CT molecular complexity index is 562. The molecule has 1 saturated heterocycles. The van der Waals surface area contributed by atoms with E-state index in [4.69, 9.17) is 4.42 Å². The molecule has 2 heterocycles. The topological polar surface area (TPSA) is 16.4 Å². The van der Waals surface area contributed by atoms with E-state index in [1.807, 2.05) is 6.92 Å². The van der Waals surface area contributed by atoms with Gasteiger partial charge in [-0.25, -0.2) is 0 Å². The first-order chi connectivity index (χ1) is 8.65. The van der Waals surface area contributed by atoms with Gasteiger partial charge >= 0.3 is 0 Å². The van der Waals surface area contributed by atoms with Crippen molar-refractivity contribution in [1.82, 2.24) is 4.90 Å². The van der Waals surface area contributed by atoms with Crippen LogP contribution in [0.5, 0.6) is 0 Å². The number of nitrogens with zero attached hydrogens (tertiary/aromatic N) is 1. The van der Waals surface area contributed by atoms with E-state index in [2.05, 4.69) is 37.1 Å². The van der Waals surface area contributed by atoms with Crippen molar-refractivity contribution in [3.8, 4) is 0 Å². The summed E-state index contributed by atoms with van der Waals surface area (Å²) in [6.07, 6.45) is 2.55. The zero-order valence-electron chi connectivity index (χ0n) is 11.5. The lowest BCUT2D eigenvalue weighted by Crippen LogP contribution is -2.29. The van der Waals surface area contributed by atoms with Gasteiger partial charge in [-0.2, -0.15) is 0 Å². The first-order valence-corrected chi connectivity index (χ1v) is 6.83. The third-order valence-electron chi connectivity index (χ3n) is 4.39. The Morgan fingerprint density at radius 1 is 1.17 bits per heavy atom. The largest absolute Gasteiger partial charge is 0.461 e. The number of hydrogen-bond acceptors (Lipinski definition) is 2. The van der Waals surface area contributed by atoms with Crippen molar-refractivity contribution < 1.29 is 4.42 Å². The van der Waals surface area contributed by atoms with E-state index in [1.165, 1.54) is 42.4 Å². The fraction of sp³-hybridized carbons (Fsp3) is 0.500. The number of piperidine rings is 1. The van der Waals surface area contributed by atoms with Crippen molar-refractivity contribution in [2.45, 2.75) is 32.6 Å². The molecule has 1 aromatic heterocycles. The number of likely N-dealkylation sites (tertiary alicyclic amines) is 1. The molecule has 0 N–H and O–H groups in total. The van der Waals surface area contributed by atoms with Crippen LogP contribution < -0.4 is 0 Å². The smallest absolute Gasteiger partial charge is 0.134 e. The van der Waals surface area contributed by atoms with Gasteiger partial charge in [0.1, 0.15) is 11.3 Å². The second-order valence-electron chi connectivity index (χ2n) is 5.62. The average Bonchev–Trinajstić information content (AvgIpc) is 2.66. The molecule has 0 unspecified atom stereocenters. The van der Waals surface area contributed by atoms with Crippen molar-refractivity contribution in [2.75, 3.05) is 20.1 Å². The maximum atomic E-state index is 5.75. The van der Waals surface area contributed by atoms with Crippen LogP contribution in [-0.4, -0.2) is 25.0 Å². The summed E-state index contributed by atoms with van der Waals surface area (Å²) in [6.45, 7) is 6.63. The van der Waals surface area contributed by atoms with Crippen LogP contribution in [0.2, 0.25) is 0 Å². The fourth-order valence-corrected chi connectivity index (χ4v) is 2.96. The van der Waals surface area contributed by atoms with Crippen molar-refractivity contribution in [2.24, 2.45) is 0 Å². The van der Waals surface area contributed by atoms with E-state index in [9.17, 15) is 0 Å². The number of hydrogen-bond donors (Lipinski definition) is 0. The van der Waals surface area contributed by atoms with E-state index in [1.54, 1.807) is 0 Å². The first-order valence-electron chi connectivity index (χ1n) is 6.83. The van der Waals surface area contributed by atoms with Crippen LogP contribution in [-0.2, 0) is 0 Å². The third-order valence-corrected chi connectivity index (χ3v) is 4.39. The van der Waals surface area contributed by atoms with Crippen LogP contribution in [0.4, 0.5) is 0 Å². The van der Waals surface area contributed by atoms with Gasteiger partial charge in [-0.3, -0.25) is 0 Å². The van der Waals surface area contributed by atoms with Crippen molar-refractivity contribution >= 4 is 11.0 Å². The molecule has 2 nitrogen and oxygen atoms in total. The van der Waals surface area contributed by atoms with Crippen LogP contribution in [0.3, 0.4) is 0 Å². The Labute approximate surface area is 109 Å². The Morgan fingerprint density at radius 2 is 1.89 bits per heavy atom. The Hall–Kier alpha value is -1.28. The maximum Gasteiger partial charge on any atom is 0.134 e. The minimum absolute atomic E-state index is 0.722. The van der Waals surface area contributed by atoms with Crippen molar-refractivity contribution in [1.29, 1.82) is 0 Å². The minimum Gasteiger partial charge on any atom is -0.461 e. The van der Waals surface area contributed by atoms with Crippen molar-refractivity contribution in [3.63, 3.8) is 0 Å². The first kappa shape index (κ1) is 11.8.